The van der Waals surface area contributed by atoms with E-state index in [0.29, 0.717) is 17.9 Å². The van der Waals surface area contributed by atoms with Crippen LogP contribution in [0.15, 0.2) is 36.7 Å². The number of piperidine rings is 1. The molecule has 0 saturated carbocycles. The molecule has 0 spiro atoms. The topological polar surface area (TPSA) is 52.5 Å². The van der Waals surface area contributed by atoms with Crippen LogP contribution in [0.4, 0.5) is 24.8 Å². The number of aromatic nitrogens is 2. The fraction of sp³-hybridized carbons (Fsp3) is 0.474. The fourth-order valence-corrected chi connectivity index (χ4v) is 3.34. The molecule has 0 amide bonds. The fourth-order valence-electron chi connectivity index (χ4n) is 3.34. The van der Waals surface area contributed by atoms with Gasteiger partial charge < -0.3 is 14.9 Å². The number of hydrogen-bond donors (Lipinski definition) is 1. The number of anilines is 2. The largest absolute Gasteiger partial charge is 0.416 e. The lowest BCUT2D eigenvalue weighted by Gasteiger charge is -2.33. The van der Waals surface area contributed by atoms with Crippen molar-refractivity contribution in [3.05, 3.63) is 47.8 Å². The van der Waals surface area contributed by atoms with Crippen LogP contribution in [0.5, 0.6) is 0 Å². The Hall–Kier alpha value is -2.35. The molecular weight excluding hydrogens is 357 g/mol. The van der Waals surface area contributed by atoms with Crippen molar-refractivity contribution in [2.75, 3.05) is 36.5 Å². The first-order valence-electron chi connectivity index (χ1n) is 8.92. The predicted molar refractivity (Wildman–Crippen MR) is 97.6 cm³/mol. The lowest BCUT2D eigenvalue weighted by molar-refractivity contribution is -0.137. The molecule has 0 bridgehead atoms. The Morgan fingerprint density at radius 2 is 2.07 bits per heavy atom. The van der Waals surface area contributed by atoms with Crippen molar-refractivity contribution < 1.29 is 18.3 Å². The van der Waals surface area contributed by atoms with E-state index in [4.69, 9.17) is 0 Å². The van der Waals surface area contributed by atoms with E-state index in [1.54, 1.807) is 18.0 Å². The highest BCUT2D eigenvalue weighted by atomic mass is 19.4. The maximum atomic E-state index is 12.9. The highest BCUT2D eigenvalue weighted by Gasteiger charge is 2.30. The van der Waals surface area contributed by atoms with Crippen LogP contribution in [-0.2, 0) is 12.7 Å². The minimum Gasteiger partial charge on any atom is -0.396 e. The van der Waals surface area contributed by atoms with Crippen molar-refractivity contribution in [2.45, 2.75) is 25.6 Å². The minimum absolute atomic E-state index is 0.157. The molecule has 1 unspecified atom stereocenters. The smallest absolute Gasteiger partial charge is 0.396 e. The lowest BCUT2D eigenvalue weighted by atomic mass is 9.99. The summed E-state index contributed by atoms with van der Waals surface area (Å²) in [6.07, 6.45) is -0.894. The Morgan fingerprint density at radius 3 is 2.81 bits per heavy atom. The number of aliphatic hydroxyl groups excluding tert-OH is 1. The average molecular weight is 380 g/mol. The Bertz CT molecular complexity index is 769. The monoisotopic (exact) mass is 380 g/mol. The van der Waals surface area contributed by atoms with E-state index in [2.05, 4.69) is 14.9 Å². The number of aliphatic hydroxyl groups is 1. The second-order valence-corrected chi connectivity index (χ2v) is 6.93. The minimum atomic E-state index is -4.35. The summed E-state index contributed by atoms with van der Waals surface area (Å²) in [5.41, 5.74) is -0.0917. The molecule has 2 aromatic rings. The zero-order valence-electron chi connectivity index (χ0n) is 15.2. The molecule has 1 aromatic carbocycles. The van der Waals surface area contributed by atoms with Gasteiger partial charge in [-0.05, 0) is 36.5 Å². The quantitative estimate of drug-likeness (QED) is 0.862. The van der Waals surface area contributed by atoms with Crippen LogP contribution in [0, 0.1) is 5.92 Å². The summed E-state index contributed by atoms with van der Waals surface area (Å²) in [4.78, 5) is 12.5. The van der Waals surface area contributed by atoms with Gasteiger partial charge in [-0.2, -0.15) is 13.2 Å². The van der Waals surface area contributed by atoms with E-state index in [1.165, 1.54) is 12.4 Å². The number of nitrogens with zero attached hydrogens (tertiary/aromatic N) is 4. The summed E-state index contributed by atoms with van der Waals surface area (Å²) in [5.74, 6) is 1.65. The molecule has 0 radical (unpaired) electrons. The van der Waals surface area contributed by atoms with Gasteiger partial charge in [0.1, 0.15) is 18.0 Å². The molecule has 1 N–H and O–H groups in total. The number of hydrogen-bond acceptors (Lipinski definition) is 5. The molecule has 146 valence electrons. The van der Waals surface area contributed by atoms with Gasteiger partial charge in [0.15, 0.2) is 0 Å². The molecule has 1 saturated heterocycles. The Kier molecular flexibility index (Phi) is 5.84. The molecule has 27 heavy (non-hydrogen) atoms. The molecule has 0 aliphatic carbocycles. The van der Waals surface area contributed by atoms with Gasteiger partial charge in [0.05, 0.1) is 5.56 Å². The van der Waals surface area contributed by atoms with Gasteiger partial charge in [-0.1, -0.05) is 12.1 Å². The van der Waals surface area contributed by atoms with E-state index in [1.807, 2.05) is 6.07 Å². The number of alkyl halides is 3. The van der Waals surface area contributed by atoms with Crippen molar-refractivity contribution in [1.29, 1.82) is 0 Å². The Morgan fingerprint density at radius 1 is 1.26 bits per heavy atom. The third-order valence-corrected chi connectivity index (χ3v) is 4.80. The van der Waals surface area contributed by atoms with E-state index < -0.39 is 11.7 Å². The first-order chi connectivity index (χ1) is 12.9. The Labute approximate surface area is 156 Å². The van der Waals surface area contributed by atoms with Crippen molar-refractivity contribution in [1.82, 2.24) is 9.97 Å². The second kappa shape index (κ2) is 8.12. The second-order valence-electron chi connectivity index (χ2n) is 6.93. The van der Waals surface area contributed by atoms with Gasteiger partial charge in [-0.3, -0.25) is 0 Å². The van der Waals surface area contributed by atoms with Crippen LogP contribution in [-0.4, -0.2) is 41.8 Å². The van der Waals surface area contributed by atoms with Crippen molar-refractivity contribution in [3.8, 4) is 0 Å². The first kappa shape index (κ1) is 19.4. The van der Waals surface area contributed by atoms with Crippen LogP contribution in [0.25, 0.3) is 0 Å². The summed E-state index contributed by atoms with van der Waals surface area (Å²) < 4.78 is 38.7. The molecule has 1 fully saturated rings. The first-order valence-corrected chi connectivity index (χ1v) is 8.92. The molecule has 8 heteroatoms. The van der Waals surface area contributed by atoms with E-state index in [0.717, 1.165) is 43.9 Å². The summed E-state index contributed by atoms with van der Waals surface area (Å²) in [7, 11) is 1.79. The van der Waals surface area contributed by atoms with Crippen LogP contribution >= 0.6 is 0 Å². The van der Waals surface area contributed by atoms with Gasteiger partial charge >= 0.3 is 6.18 Å². The molecule has 1 atom stereocenters. The average Bonchev–Trinajstić information content (AvgIpc) is 2.67. The molecular formula is C19H23F3N4O. The summed E-state index contributed by atoms with van der Waals surface area (Å²) in [5, 5.41) is 9.39. The summed E-state index contributed by atoms with van der Waals surface area (Å²) in [6, 6.07) is 7.16. The maximum Gasteiger partial charge on any atom is 0.416 e. The van der Waals surface area contributed by atoms with E-state index in [9.17, 15) is 18.3 Å². The molecule has 3 rings (SSSR count). The van der Waals surface area contributed by atoms with Crippen molar-refractivity contribution in [2.24, 2.45) is 5.92 Å². The molecule has 1 aromatic heterocycles. The number of rotatable bonds is 5. The maximum absolute atomic E-state index is 12.9. The standard InChI is InChI=1S/C19H23F3N4O/c1-25(10-14-4-2-6-16(8-14)19(20,21)22)17-9-18(24-13-23-17)26-7-3-5-15(11-26)12-27/h2,4,6,8-9,13,15,27H,3,5,7,10-12H2,1H3. The Balaban J connectivity index is 1.73. The van der Waals surface area contributed by atoms with Crippen molar-refractivity contribution in [3.63, 3.8) is 0 Å². The van der Waals surface area contributed by atoms with Crippen LogP contribution in [0.2, 0.25) is 0 Å². The summed E-state index contributed by atoms with van der Waals surface area (Å²) >= 11 is 0. The molecule has 1 aliphatic rings. The molecule has 2 heterocycles. The van der Waals surface area contributed by atoms with E-state index >= 15 is 0 Å². The van der Waals surface area contributed by atoms with Crippen LogP contribution < -0.4 is 9.80 Å². The normalized spacial score (nSPS) is 17.8. The van der Waals surface area contributed by atoms with Gasteiger partial charge in [0, 0.05) is 39.4 Å². The van der Waals surface area contributed by atoms with Gasteiger partial charge in [-0.25, -0.2) is 9.97 Å². The SMILES string of the molecule is CN(Cc1cccc(C(F)(F)F)c1)c1cc(N2CCCC(CO)C2)ncn1. The van der Waals surface area contributed by atoms with E-state index in [-0.39, 0.29) is 12.5 Å². The predicted octanol–water partition coefficient (Wildman–Crippen LogP) is 3.34. The third-order valence-electron chi connectivity index (χ3n) is 4.80. The molecule has 1 aliphatic heterocycles. The number of benzene rings is 1. The summed E-state index contributed by atoms with van der Waals surface area (Å²) in [6.45, 7) is 2.07. The van der Waals surface area contributed by atoms with Gasteiger partial charge in [-0.15, -0.1) is 0 Å². The van der Waals surface area contributed by atoms with Crippen LogP contribution in [0.1, 0.15) is 24.0 Å². The highest BCUT2D eigenvalue weighted by molar-refractivity contribution is 5.50. The number of halogens is 3. The molecule has 5 nitrogen and oxygen atoms in total. The zero-order chi connectivity index (χ0) is 19.4. The van der Waals surface area contributed by atoms with Crippen molar-refractivity contribution >= 4 is 11.6 Å². The van der Waals surface area contributed by atoms with Gasteiger partial charge in [0.2, 0.25) is 0 Å². The third kappa shape index (κ3) is 4.88. The highest BCUT2D eigenvalue weighted by Crippen LogP contribution is 2.30. The van der Waals surface area contributed by atoms with Crippen LogP contribution in [0.3, 0.4) is 0 Å². The lowest BCUT2D eigenvalue weighted by Crippen LogP contribution is -2.37. The van der Waals surface area contributed by atoms with Gasteiger partial charge in [0.25, 0.3) is 0 Å². The zero-order valence-corrected chi connectivity index (χ0v) is 15.2.